The van der Waals surface area contributed by atoms with Gasteiger partial charge in [-0.05, 0) is 38.1 Å². The summed E-state index contributed by atoms with van der Waals surface area (Å²) in [6, 6.07) is 4.04. The summed E-state index contributed by atoms with van der Waals surface area (Å²) in [5, 5.41) is 3.42. The van der Waals surface area contributed by atoms with Gasteiger partial charge in [-0.3, -0.25) is 0 Å². The predicted octanol–water partition coefficient (Wildman–Crippen LogP) is 2.39. The van der Waals surface area contributed by atoms with E-state index in [1.54, 1.807) is 0 Å². The van der Waals surface area contributed by atoms with Crippen molar-refractivity contribution in [2.45, 2.75) is 20.8 Å². The first-order valence-corrected chi connectivity index (χ1v) is 5.71. The van der Waals surface area contributed by atoms with Crippen LogP contribution in [0.5, 0.6) is 0 Å². The molecule has 90 valence electrons. The molecule has 1 rings (SSSR count). The number of pyridine rings is 1. The van der Waals surface area contributed by atoms with Crippen LogP contribution in [0.3, 0.4) is 0 Å². The molecule has 0 amide bonds. The Hall–Kier alpha value is -1.09. The van der Waals surface area contributed by atoms with Crippen molar-refractivity contribution in [2.24, 2.45) is 5.41 Å². The van der Waals surface area contributed by atoms with Crippen molar-refractivity contribution >= 4 is 5.82 Å². The van der Waals surface area contributed by atoms with E-state index < -0.39 is 0 Å². The summed E-state index contributed by atoms with van der Waals surface area (Å²) in [5.41, 5.74) is 1.44. The third-order valence-corrected chi connectivity index (χ3v) is 2.49. The van der Waals surface area contributed by atoms with Crippen LogP contribution in [-0.2, 0) is 0 Å². The van der Waals surface area contributed by atoms with E-state index in [9.17, 15) is 0 Å². The molecule has 1 aromatic rings. The predicted molar refractivity (Wildman–Crippen MR) is 69.8 cm³/mol. The van der Waals surface area contributed by atoms with E-state index in [1.165, 1.54) is 5.56 Å². The van der Waals surface area contributed by atoms with Crippen molar-refractivity contribution < 1.29 is 0 Å². The fourth-order valence-corrected chi connectivity index (χ4v) is 1.91. The maximum atomic E-state index is 4.34. The van der Waals surface area contributed by atoms with E-state index >= 15 is 0 Å². The highest BCUT2D eigenvalue weighted by Crippen LogP contribution is 2.18. The molecule has 0 radical (unpaired) electrons. The average Bonchev–Trinajstić information content (AvgIpc) is 2.14. The van der Waals surface area contributed by atoms with Gasteiger partial charge < -0.3 is 10.2 Å². The minimum atomic E-state index is 0.244. The lowest BCUT2D eigenvalue weighted by molar-refractivity contribution is 0.254. The molecule has 0 aliphatic heterocycles. The highest BCUT2D eigenvalue weighted by Gasteiger charge is 2.18. The number of anilines is 1. The van der Waals surface area contributed by atoms with E-state index in [0.29, 0.717) is 0 Å². The molecule has 1 N–H and O–H groups in total. The van der Waals surface area contributed by atoms with Crippen molar-refractivity contribution in [3.63, 3.8) is 0 Å². The zero-order chi connectivity index (χ0) is 12.2. The lowest BCUT2D eigenvalue weighted by Crippen LogP contribution is -2.34. The largest absolute Gasteiger partial charge is 0.369 e. The van der Waals surface area contributed by atoms with Gasteiger partial charge in [0.1, 0.15) is 5.82 Å². The number of aryl methyl sites for hydroxylation is 1. The third-order valence-electron chi connectivity index (χ3n) is 2.49. The minimum absolute atomic E-state index is 0.244. The third kappa shape index (κ3) is 4.19. The van der Waals surface area contributed by atoms with Crippen molar-refractivity contribution in [3.8, 4) is 0 Å². The van der Waals surface area contributed by atoms with E-state index in [2.05, 4.69) is 56.1 Å². The van der Waals surface area contributed by atoms with Crippen LogP contribution >= 0.6 is 0 Å². The molecule has 0 aliphatic rings. The Morgan fingerprint density at radius 1 is 1.38 bits per heavy atom. The van der Waals surface area contributed by atoms with E-state index in [4.69, 9.17) is 0 Å². The minimum Gasteiger partial charge on any atom is -0.369 e. The Balaban J connectivity index is 2.54. The van der Waals surface area contributed by atoms with Gasteiger partial charge in [-0.25, -0.2) is 4.98 Å². The summed E-state index contributed by atoms with van der Waals surface area (Å²) in [5.74, 6) is 0.995. The smallest absolute Gasteiger partial charge is 0.128 e. The van der Waals surface area contributed by atoms with Crippen LogP contribution in [0.25, 0.3) is 0 Å². The highest BCUT2D eigenvalue weighted by molar-refractivity contribution is 5.42. The molecule has 0 bridgehead atoms. The Labute approximate surface area is 98.9 Å². The average molecular weight is 221 g/mol. The fraction of sp³-hybridized carbons (Fsp3) is 0.615. The van der Waals surface area contributed by atoms with Gasteiger partial charge >= 0.3 is 0 Å². The Morgan fingerprint density at radius 3 is 2.62 bits per heavy atom. The molecule has 0 saturated carbocycles. The molecule has 3 heteroatoms. The zero-order valence-electron chi connectivity index (χ0n) is 11.0. The number of aromatic nitrogens is 1. The number of nitrogens with zero attached hydrogens (tertiary/aromatic N) is 2. The zero-order valence-corrected chi connectivity index (χ0v) is 11.0. The molecular formula is C13H23N3. The van der Waals surface area contributed by atoms with Crippen LogP contribution in [-0.4, -0.2) is 37.1 Å². The first-order valence-electron chi connectivity index (χ1n) is 5.71. The lowest BCUT2D eigenvalue weighted by Gasteiger charge is -2.28. The molecule has 3 nitrogen and oxygen atoms in total. The maximum absolute atomic E-state index is 4.34. The molecule has 1 aromatic heterocycles. The molecule has 16 heavy (non-hydrogen) atoms. The van der Waals surface area contributed by atoms with Gasteiger partial charge in [-0.15, -0.1) is 0 Å². The topological polar surface area (TPSA) is 28.2 Å². The van der Waals surface area contributed by atoms with Crippen LogP contribution in [0.1, 0.15) is 19.4 Å². The van der Waals surface area contributed by atoms with Gasteiger partial charge in [0.05, 0.1) is 0 Å². The van der Waals surface area contributed by atoms with Gasteiger partial charge in [0.2, 0.25) is 0 Å². The standard InChI is InChI=1S/C13H23N3/c1-11-7-6-8-14-12(11)15-9-13(2,3)10-16(4)5/h6-8H,9-10H2,1-5H3,(H,14,15). The number of nitrogens with one attached hydrogen (secondary N) is 1. The second-order valence-electron chi connectivity index (χ2n) is 5.42. The summed E-state index contributed by atoms with van der Waals surface area (Å²) >= 11 is 0. The second-order valence-corrected chi connectivity index (χ2v) is 5.42. The van der Waals surface area contributed by atoms with Crippen LogP contribution in [0.4, 0.5) is 5.82 Å². The van der Waals surface area contributed by atoms with Gasteiger partial charge in [0.15, 0.2) is 0 Å². The van der Waals surface area contributed by atoms with Gasteiger partial charge in [-0.2, -0.15) is 0 Å². The van der Waals surface area contributed by atoms with Crippen LogP contribution < -0.4 is 5.32 Å². The number of rotatable bonds is 5. The first kappa shape index (κ1) is 13.0. The van der Waals surface area contributed by atoms with Crippen molar-refractivity contribution in [1.29, 1.82) is 0 Å². The maximum Gasteiger partial charge on any atom is 0.128 e. The number of hydrogen-bond acceptors (Lipinski definition) is 3. The summed E-state index contributed by atoms with van der Waals surface area (Å²) in [6.07, 6.45) is 1.83. The van der Waals surface area contributed by atoms with Gasteiger partial charge in [0.25, 0.3) is 0 Å². The van der Waals surface area contributed by atoms with Crippen LogP contribution in [0, 0.1) is 12.3 Å². The Bertz CT molecular complexity index is 332. The molecular weight excluding hydrogens is 198 g/mol. The molecule has 0 fully saturated rings. The van der Waals surface area contributed by atoms with E-state index in [1.807, 2.05) is 12.3 Å². The van der Waals surface area contributed by atoms with Crippen LogP contribution in [0.2, 0.25) is 0 Å². The normalized spacial score (nSPS) is 11.9. The van der Waals surface area contributed by atoms with Crippen molar-refractivity contribution in [3.05, 3.63) is 23.9 Å². The molecule has 0 aliphatic carbocycles. The van der Waals surface area contributed by atoms with Crippen molar-refractivity contribution in [1.82, 2.24) is 9.88 Å². The van der Waals surface area contributed by atoms with Crippen LogP contribution in [0.15, 0.2) is 18.3 Å². The fourth-order valence-electron chi connectivity index (χ4n) is 1.91. The van der Waals surface area contributed by atoms with Gasteiger partial charge in [-0.1, -0.05) is 19.9 Å². The van der Waals surface area contributed by atoms with Gasteiger partial charge in [0, 0.05) is 19.3 Å². The number of hydrogen-bond donors (Lipinski definition) is 1. The highest BCUT2D eigenvalue weighted by atomic mass is 15.1. The quantitative estimate of drug-likeness (QED) is 0.827. The summed E-state index contributed by atoms with van der Waals surface area (Å²) in [4.78, 5) is 6.55. The summed E-state index contributed by atoms with van der Waals surface area (Å²) in [7, 11) is 4.21. The molecule has 0 atom stereocenters. The molecule has 0 spiro atoms. The molecule has 1 heterocycles. The Morgan fingerprint density at radius 2 is 2.06 bits per heavy atom. The second kappa shape index (κ2) is 5.30. The SMILES string of the molecule is Cc1cccnc1NCC(C)(C)CN(C)C. The molecule has 0 saturated heterocycles. The van der Waals surface area contributed by atoms with E-state index in [-0.39, 0.29) is 5.41 Å². The monoisotopic (exact) mass is 221 g/mol. The molecule has 0 aromatic carbocycles. The van der Waals surface area contributed by atoms with E-state index in [0.717, 1.165) is 18.9 Å². The molecule has 0 unspecified atom stereocenters. The summed E-state index contributed by atoms with van der Waals surface area (Å²) in [6.45, 7) is 8.60. The Kier molecular flexibility index (Phi) is 4.30. The van der Waals surface area contributed by atoms with Crippen molar-refractivity contribution in [2.75, 3.05) is 32.5 Å². The first-order chi connectivity index (χ1) is 7.41. The lowest BCUT2D eigenvalue weighted by atomic mass is 9.93. The summed E-state index contributed by atoms with van der Waals surface area (Å²) < 4.78 is 0.